The smallest absolute Gasteiger partial charge is 0.475 e. The van der Waals surface area contributed by atoms with Gasteiger partial charge in [-0.05, 0) is 68.8 Å². The number of H-pyrrole nitrogens is 1. The first-order valence-electron chi connectivity index (χ1n) is 14.3. The van der Waals surface area contributed by atoms with Gasteiger partial charge in [0, 0.05) is 36.2 Å². The average Bonchev–Trinajstić information content (AvgIpc) is 3.78. The summed E-state index contributed by atoms with van der Waals surface area (Å²) in [5.74, 6) is -2.13. The lowest BCUT2D eigenvalue weighted by molar-refractivity contribution is -0.192. The minimum atomic E-state index is -5.08. The molecule has 3 N–H and O–H groups in total. The van der Waals surface area contributed by atoms with E-state index in [-0.39, 0.29) is 13.2 Å². The van der Waals surface area contributed by atoms with Gasteiger partial charge in [-0.15, -0.1) is 22.7 Å². The number of halogens is 3. The number of carbonyl (C=O) groups is 1. The van der Waals surface area contributed by atoms with Crippen molar-refractivity contribution in [1.29, 1.82) is 0 Å². The molecule has 3 aromatic heterocycles. The average molecular weight is 689 g/mol. The molecule has 1 aromatic carbocycles. The van der Waals surface area contributed by atoms with Crippen LogP contribution in [0.1, 0.15) is 31.1 Å². The second kappa shape index (κ2) is 15.5. The lowest BCUT2D eigenvalue weighted by Gasteiger charge is -2.31. The number of carboxylic acid groups (broad SMARTS) is 1. The molecule has 0 atom stereocenters. The number of thiazole rings is 1. The van der Waals surface area contributed by atoms with Crippen molar-refractivity contribution in [3.8, 4) is 10.7 Å². The third-order valence-electron chi connectivity index (χ3n) is 7.24. The van der Waals surface area contributed by atoms with E-state index in [0.717, 1.165) is 60.5 Å². The Labute approximate surface area is 267 Å². The summed E-state index contributed by atoms with van der Waals surface area (Å²) < 4.78 is 66.2. The molecule has 0 aliphatic carbocycles. The number of hydrogen-bond acceptors (Lipinski definition) is 9. The molecule has 16 heteroatoms. The molecule has 1 aliphatic heterocycles. The number of benzene rings is 1. The molecule has 45 heavy (non-hydrogen) atoms. The van der Waals surface area contributed by atoms with E-state index in [0.29, 0.717) is 29.0 Å². The van der Waals surface area contributed by atoms with Gasteiger partial charge in [0.1, 0.15) is 9.22 Å². The van der Waals surface area contributed by atoms with Crippen LogP contribution in [0, 0.1) is 5.92 Å². The van der Waals surface area contributed by atoms with E-state index < -0.39 is 22.2 Å². The third-order valence-corrected chi connectivity index (χ3v) is 11.4. The van der Waals surface area contributed by atoms with Gasteiger partial charge in [0.15, 0.2) is 0 Å². The highest BCUT2D eigenvalue weighted by Crippen LogP contribution is 2.36. The topological polar surface area (TPSA) is 136 Å². The maximum absolute atomic E-state index is 13.6. The second-order valence-electron chi connectivity index (χ2n) is 10.3. The number of aromatic nitrogens is 2. The lowest BCUT2D eigenvalue weighted by atomic mass is 9.94. The summed E-state index contributed by atoms with van der Waals surface area (Å²) in [5.41, 5.74) is 2.25. The Morgan fingerprint density at radius 3 is 2.58 bits per heavy atom. The second-order valence-corrected chi connectivity index (χ2v) is 14.4. The molecule has 4 heterocycles. The maximum Gasteiger partial charge on any atom is 0.490 e. The van der Waals surface area contributed by atoms with Crippen LogP contribution in [0.5, 0.6) is 0 Å². The van der Waals surface area contributed by atoms with Crippen molar-refractivity contribution in [2.24, 2.45) is 5.92 Å². The quantitative estimate of drug-likeness (QED) is 0.159. The summed E-state index contributed by atoms with van der Waals surface area (Å²) >= 11 is 2.88. The minimum absolute atomic E-state index is 0.220. The zero-order valence-corrected chi connectivity index (χ0v) is 26.9. The van der Waals surface area contributed by atoms with Crippen molar-refractivity contribution < 1.29 is 41.3 Å². The number of rotatable bonds is 12. The number of likely N-dealkylation sites (tertiary alicyclic amines) is 1. The Kier molecular flexibility index (Phi) is 12.0. The first-order valence-corrected chi connectivity index (χ1v) is 17.4. The summed E-state index contributed by atoms with van der Waals surface area (Å²) in [4.78, 5) is 20.7. The van der Waals surface area contributed by atoms with Gasteiger partial charge in [0.25, 0.3) is 10.0 Å². The Balaban J connectivity index is 0.000000591. The first kappa shape index (κ1) is 34.8. The molecule has 1 aliphatic rings. The van der Waals surface area contributed by atoms with Gasteiger partial charge in [-0.25, -0.2) is 18.2 Å². The van der Waals surface area contributed by atoms with Crippen molar-refractivity contribution >= 4 is 55.3 Å². The number of ether oxygens (including phenoxy) is 1. The van der Waals surface area contributed by atoms with Gasteiger partial charge in [0.2, 0.25) is 0 Å². The van der Waals surface area contributed by atoms with Gasteiger partial charge in [-0.2, -0.15) is 13.2 Å². The Morgan fingerprint density at radius 1 is 1.22 bits per heavy atom. The highest BCUT2D eigenvalue weighted by molar-refractivity contribution is 7.94. The molecule has 1 saturated heterocycles. The van der Waals surface area contributed by atoms with Crippen LogP contribution in [-0.4, -0.2) is 85.1 Å². The number of aliphatic hydroxyl groups excluding tert-OH is 1. The van der Waals surface area contributed by atoms with Crippen molar-refractivity contribution in [3.63, 3.8) is 0 Å². The van der Waals surface area contributed by atoms with Crippen LogP contribution in [0.4, 0.5) is 18.9 Å². The number of aliphatic hydroxyl groups is 1. The molecule has 5 rings (SSSR count). The van der Waals surface area contributed by atoms with Gasteiger partial charge < -0.3 is 19.9 Å². The number of nitrogens with zero attached hydrogens (tertiary/aromatic N) is 3. The number of piperidine rings is 1. The van der Waals surface area contributed by atoms with Crippen LogP contribution >= 0.6 is 22.7 Å². The number of carboxylic acids is 1. The molecule has 1 fully saturated rings. The Bertz CT molecular complexity index is 1630. The van der Waals surface area contributed by atoms with Crippen LogP contribution < -0.4 is 4.31 Å². The molecule has 0 bridgehead atoms. The summed E-state index contributed by atoms with van der Waals surface area (Å²) in [5, 5.41) is 19.9. The molecule has 0 saturated carbocycles. The van der Waals surface area contributed by atoms with Crippen molar-refractivity contribution in [1.82, 2.24) is 14.9 Å². The van der Waals surface area contributed by atoms with E-state index in [1.165, 1.54) is 20.5 Å². The van der Waals surface area contributed by atoms with Crippen molar-refractivity contribution in [2.75, 3.05) is 43.8 Å². The normalized spacial score (nSPS) is 14.8. The zero-order valence-electron chi connectivity index (χ0n) is 24.5. The number of hydrogen-bond donors (Lipinski definition) is 3. The molecule has 0 unspecified atom stereocenters. The van der Waals surface area contributed by atoms with Gasteiger partial charge in [-0.3, -0.25) is 9.21 Å². The number of aromatic amines is 1. The molecule has 0 spiro atoms. The highest BCUT2D eigenvalue weighted by atomic mass is 32.2. The van der Waals surface area contributed by atoms with Crippen molar-refractivity contribution in [3.05, 3.63) is 52.9 Å². The van der Waals surface area contributed by atoms with Gasteiger partial charge in [0.05, 0.1) is 30.0 Å². The number of fused-ring (bicyclic) bond motifs is 1. The van der Waals surface area contributed by atoms with Gasteiger partial charge >= 0.3 is 12.1 Å². The molecule has 4 aromatic rings. The molecule has 10 nitrogen and oxygen atoms in total. The highest BCUT2D eigenvalue weighted by Gasteiger charge is 2.38. The van der Waals surface area contributed by atoms with Crippen LogP contribution in [0.3, 0.4) is 0 Å². The number of thiophene rings is 1. The Hall–Kier alpha value is -3.02. The number of anilines is 1. The molecular formula is C29H35F3N4O6S3. The summed E-state index contributed by atoms with van der Waals surface area (Å²) in [6.45, 7) is 6.19. The van der Waals surface area contributed by atoms with Gasteiger partial charge in [-0.1, -0.05) is 18.2 Å². The van der Waals surface area contributed by atoms with E-state index in [9.17, 15) is 26.7 Å². The first-order chi connectivity index (χ1) is 21.4. The SMILES string of the molecule is CCOCCN(c1cccc2cc(-c3ncc(CN4CCC(CCO)CC4)s3)[nH]c12)S(=O)(=O)c1cccs1.O=C(O)C(F)(F)F. The number of nitrogens with one attached hydrogen (secondary N) is 1. The Morgan fingerprint density at radius 2 is 1.96 bits per heavy atom. The van der Waals surface area contributed by atoms with E-state index in [1.54, 1.807) is 28.8 Å². The monoisotopic (exact) mass is 688 g/mol. The minimum Gasteiger partial charge on any atom is -0.475 e. The fraction of sp³-hybridized carbons (Fsp3) is 0.448. The van der Waals surface area contributed by atoms with Crippen LogP contribution in [0.25, 0.3) is 21.6 Å². The third kappa shape index (κ3) is 9.04. The standard InChI is InChI=1S/C27H34N4O4S3.C2HF3O2/c1-2-35-15-13-31(38(33,34)25-7-4-16-36-25)24-6-3-5-21-17-23(29-26(21)24)27-28-18-22(37-27)19-30-11-8-20(9-12-30)10-14-32;3-2(4,5)1(6)7/h3-7,16-18,20,29,32H,2,8-15,19H2,1H3;(H,6,7). The summed E-state index contributed by atoms with van der Waals surface area (Å²) in [7, 11) is -3.74. The number of para-hydroxylation sites is 1. The summed E-state index contributed by atoms with van der Waals surface area (Å²) in [6, 6.07) is 11.2. The zero-order chi connectivity index (χ0) is 32.6. The molecule has 0 amide bonds. The van der Waals surface area contributed by atoms with Crippen LogP contribution in [-0.2, 0) is 26.1 Å². The molecule has 0 radical (unpaired) electrons. The maximum atomic E-state index is 13.6. The van der Waals surface area contributed by atoms with Crippen LogP contribution in [0.15, 0.2) is 52.2 Å². The number of aliphatic carboxylic acids is 1. The molecule has 246 valence electrons. The van der Waals surface area contributed by atoms with Crippen LogP contribution in [0.2, 0.25) is 0 Å². The van der Waals surface area contributed by atoms with E-state index in [1.807, 2.05) is 37.4 Å². The van der Waals surface area contributed by atoms with E-state index in [4.69, 9.17) is 19.6 Å². The van der Waals surface area contributed by atoms with E-state index >= 15 is 0 Å². The van der Waals surface area contributed by atoms with Crippen molar-refractivity contribution in [2.45, 2.75) is 43.1 Å². The predicted octanol–water partition coefficient (Wildman–Crippen LogP) is 5.81. The summed E-state index contributed by atoms with van der Waals surface area (Å²) in [6.07, 6.45) is 0.0247. The van der Waals surface area contributed by atoms with E-state index in [2.05, 4.69) is 9.88 Å². The number of sulfonamides is 1. The fourth-order valence-corrected chi connectivity index (χ4v) is 8.48. The molecular weight excluding hydrogens is 654 g/mol. The largest absolute Gasteiger partial charge is 0.490 e. The predicted molar refractivity (Wildman–Crippen MR) is 168 cm³/mol. The lowest BCUT2D eigenvalue weighted by Crippen LogP contribution is -2.34. The number of alkyl halides is 3. The fourth-order valence-electron chi connectivity index (χ4n) is 4.99.